The van der Waals surface area contributed by atoms with Crippen LogP contribution in [-0.2, 0) is 0 Å². The molecule has 11 heavy (non-hydrogen) atoms. The fraction of sp³-hybridized carbons (Fsp3) is 0.444. The first-order chi connectivity index (χ1) is 5.29. The molecule has 0 saturated carbocycles. The molecule has 2 heteroatoms. The summed E-state index contributed by atoms with van der Waals surface area (Å²) in [6.45, 7) is 2.20. The summed E-state index contributed by atoms with van der Waals surface area (Å²) < 4.78 is 0. The van der Waals surface area contributed by atoms with Crippen molar-refractivity contribution in [3.63, 3.8) is 0 Å². The van der Waals surface area contributed by atoms with E-state index in [-0.39, 0.29) is 0 Å². The lowest BCUT2D eigenvalue weighted by Gasteiger charge is -2.18. The third-order valence-corrected chi connectivity index (χ3v) is 2.42. The Morgan fingerprint density at radius 1 is 1.45 bits per heavy atom. The summed E-state index contributed by atoms with van der Waals surface area (Å²) in [5.74, 6) is 0.519. The number of hydrazone groups is 1. The Kier molecular flexibility index (Phi) is 1.34. The van der Waals surface area contributed by atoms with Gasteiger partial charge in [0.15, 0.2) is 0 Å². The van der Waals surface area contributed by atoms with E-state index in [0.29, 0.717) is 12.0 Å². The number of hydrogen-bond acceptors (Lipinski definition) is 2. The van der Waals surface area contributed by atoms with Crippen molar-refractivity contribution in [1.82, 2.24) is 5.01 Å². The molecular weight excluding hydrogens is 136 g/mol. The SMILES string of the molecule is CC1C2C=CC=CC2=NN1C. The second kappa shape index (κ2) is 2.22. The minimum absolute atomic E-state index is 0.519. The highest BCUT2D eigenvalue weighted by Gasteiger charge is 2.29. The molecular formula is C9H12N2. The Bertz CT molecular complexity index is 250. The maximum atomic E-state index is 4.40. The Morgan fingerprint density at radius 2 is 2.27 bits per heavy atom. The van der Waals surface area contributed by atoms with Gasteiger partial charge < -0.3 is 0 Å². The van der Waals surface area contributed by atoms with Crippen molar-refractivity contribution in [3.8, 4) is 0 Å². The summed E-state index contributed by atoms with van der Waals surface area (Å²) in [5, 5.41) is 6.43. The first-order valence-corrected chi connectivity index (χ1v) is 3.95. The molecule has 0 saturated heterocycles. The van der Waals surface area contributed by atoms with Crippen molar-refractivity contribution < 1.29 is 0 Å². The molecule has 0 fully saturated rings. The van der Waals surface area contributed by atoms with Crippen molar-refractivity contribution in [3.05, 3.63) is 24.3 Å². The average Bonchev–Trinajstić information content (AvgIpc) is 2.30. The third kappa shape index (κ3) is 0.897. The highest BCUT2D eigenvalue weighted by Crippen LogP contribution is 2.24. The molecule has 0 amide bonds. The Balaban J connectivity index is 2.32. The summed E-state index contributed by atoms with van der Waals surface area (Å²) >= 11 is 0. The summed E-state index contributed by atoms with van der Waals surface area (Å²) in [7, 11) is 2.03. The van der Waals surface area contributed by atoms with Crippen molar-refractivity contribution in [2.45, 2.75) is 13.0 Å². The van der Waals surface area contributed by atoms with Gasteiger partial charge in [-0.2, -0.15) is 5.10 Å². The summed E-state index contributed by atoms with van der Waals surface area (Å²) in [5.41, 5.74) is 1.20. The van der Waals surface area contributed by atoms with Gasteiger partial charge in [0.05, 0.1) is 11.8 Å². The molecule has 2 rings (SSSR count). The van der Waals surface area contributed by atoms with Crippen LogP contribution in [0.15, 0.2) is 29.4 Å². The van der Waals surface area contributed by atoms with E-state index in [9.17, 15) is 0 Å². The zero-order valence-electron chi connectivity index (χ0n) is 6.86. The maximum Gasteiger partial charge on any atom is 0.0695 e. The van der Waals surface area contributed by atoms with Gasteiger partial charge in [0.2, 0.25) is 0 Å². The van der Waals surface area contributed by atoms with Crippen LogP contribution in [0, 0.1) is 5.92 Å². The standard InChI is InChI=1S/C9H12N2/c1-7-8-5-3-4-6-9(8)10-11(7)2/h3-8H,1-2H3. The molecule has 0 aromatic heterocycles. The number of nitrogens with zero attached hydrogens (tertiary/aromatic N) is 2. The van der Waals surface area contributed by atoms with E-state index in [4.69, 9.17) is 0 Å². The fourth-order valence-corrected chi connectivity index (χ4v) is 1.56. The topological polar surface area (TPSA) is 15.6 Å². The number of hydrogen-bond donors (Lipinski definition) is 0. The fourth-order valence-electron chi connectivity index (χ4n) is 1.56. The molecule has 2 atom stereocenters. The van der Waals surface area contributed by atoms with Gasteiger partial charge in [0, 0.05) is 13.0 Å². The lowest BCUT2D eigenvalue weighted by Crippen LogP contribution is -2.26. The molecule has 2 nitrogen and oxygen atoms in total. The van der Waals surface area contributed by atoms with Crippen molar-refractivity contribution in [1.29, 1.82) is 0 Å². The molecule has 0 bridgehead atoms. The number of allylic oxidation sites excluding steroid dienone is 3. The minimum atomic E-state index is 0.519. The Hall–Kier alpha value is -1.05. The van der Waals surface area contributed by atoms with Gasteiger partial charge in [-0.1, -0.05) is 18.2 Å². The highest BCUT2D eigenvalue weighted by molar-refractivity contribution is 6.00. The van der Waals surface area contributed by atoms with Crippen molar-refractivity contribution in [2.75, 3.05) is 7.05 Å². The van der Waals surface area contributed by atoms with Crippen LogP contribution in [0.1, 0.15) is 6.92 Å². The monoisotopic (exact) mass is 148 g/mol. The van der Waals surface area contributed by atoms with Crippen LogP contribution in [0.2, 0.25) is 0 Å². The first-order valence-electron chi connectivity index (χ1n) is 3.95. The maximum absolute atomic E-state index is 4.40. The quantitative estimate of drug-likeness (QED) is 0.507. The number of fused-ring (bicyclic) bond motifs is 1. The highest BCUT2D eigenvalue weighted by atomic mass is 15.5. The molecule has 1 aliphatic carbocycles. The molecule has 0 spiro atoms. The molecule has 0 aromatic carbocycles. The first kappa shape index (κ1) is 6.65. The van der Waals surface area contributed by atoms with Crippen LogP contribution in [0.4, 0.5) is 0 Å². The summed E-state index contributed by atoms with van der Waals surface area (Å²) in [4.78, 5) is 0. The lowest BCUT2D eigenvalue weighted by atomic mass is 9.93. The van der Waals surface area contributed by atoms with Gasteiger partial charge in [-0.05, 0) is 13.0 Å². The molecule has 1 heterocycles. The minimum Gasteiger partial charge on any atom is -0.296 e. The molecule has 2 unspecified atom stereocenters. The van der Waals surface area contributed by atoms with Crippen molar-refractivity contribution >= 4 is 5.71 Å². The van der Waals surface area contributed by atoms with E-state index in [1.54, 1.807) is 0 Å². The van der Waals surface area contributed by atoms with Gasteiger partial charge in [0.25, 0.3) is 0 Å². The van der Waals surface area contributed by atoms with Gasteiger partial charge in [-0.15, -0.1) is 0 Å². The summed E-state index contributed by atoms with van der Waals surface area (Å²) in [6, 6.07) is 0.520. The largest absolute Gasteiger partial charge is 0.296 e. The van der Waals surface area contributed by atoms with Crippen LogP contribution >= 0.6 is 0 Å². The molecule has 0 N–H and O–H groups in total. The van der Waals surface area contributed by atoms with Crippen LogP contribution < -0.4 is 0 Å². The normalized spacial score (nSPS) is 34.0. The predicted molar refractivity (Wildman–Crippen MR) is 46.4 cm³/mol. The van der Waals surface area contributed by atoms with Crippen LogP contribution in [0.25, 0.3) is 0 Å². The van der Waals surface area contributed by atoms with E-state index in [0.717, 1.165) is 0 Å². The smallest absolute Gasteiger partial charge is 0.0695 e. The Labute approximate surface area is 66.9 Å². The summed E-state index contributed by atoms with van der Waals surface area (Å²) in [6.07, 6.45) is 8.44. The molecule has 1 aliphatic heterocycles. The van der Waals surface area contributed by atoms with Gasteiger partial charge in [0.1, 0.15) is 0 Å². The van der Waals surface area contributed by atoms with Crippen LogP contribution in [-0.4, -0.2) is 23.8 Å². The van der Waals surface area contributed by atoms with Crippen molar-refractivity contribution in [2.24, 2.45) is 11.0 Å². The zero-order chi connectivity index (χ0) is 7.84. The van der Waals surface area contributed by atoms with E-state index < -0.39 is 0 Å². The second-order valence-electron chi connectivity index (χ2n) is 3.11. The molecule has 2 aliphatic rings. The van der Waals surface area contributed by atoms with Gasteiger partial charge in [-0.25, -0.2) is 0 Å². The van der Waals surface area contributed by atoms with E-state index in [1.807, 2.05) is 18.1 Å². The van der Waals surface area contributed by atoms with Gasteiger partial charge in [-0.3, -0.25) is 5.01 Å². The third-order valence-electron chi connectivity index (χ3n) is 2.42. The van der Waals surface area contributed by atoms with Crippen LogP contribution in [0.5, 0.6) is 0 Å². The van der Waals surface area contributed by atoms with Crippen LogP contribution in [0.3, 0.4) is 0 Å². The molecule has 0 radical (unpaired) electrons. The van der Waals surface area contributed by atoms with E-state index in [2.05, 4.69) is 30.3 Å². The number of rotatable bonds is 0. The molecule has 0 aromatic rings. The lowest BCUT2D eigenvalue weighted by molar-refractivity contribution is 0.281. The predicted octanol–water partition coefficient (Wildman–Crippen LogP) is 1.42. The van der Waals surface area contributed by atoms with E-state index >= 15 is 0 Å². The molecule has 58 valence electrons. The zero-order valence-corrected chi connectivity index (χ0v) is 6.86. The second-order valence-corrected chi connectivity index (χ2v) is 3.11. The Morgan fingerprint density at radius 3 is 3.00 bits per heavy atom. The van der Waals surface area contributed by atoms with Gasteiger partial charge >= 0.3 is 0 Å². The average molecular weight is 148 g/mol. The van der Waals surface area contributed by atoms with E-state index in [1.165, 1.54) is 5.71 Å².